The Kier molecular flexibility index (Phi) is 6.73. The molecule has 2 amide bonds. The summed E-state index contributed by atoms with van der Waals surface area (Å²) in [6.07, 6.45) is 3.18. The van der Waals surface area contributed by atoms with E-state index in [4.69, 9.17) is 0 Å². The first kappa shape index (κ1) is 17.5. The number of unbranched alkanes of at least 4 members (excludes halogenated alkanes) is 1. The van der Waals surface area contributed by atoms with Gasteiger partial charge in [-0.2, -0.15) is 0 Å². The molecule has 1 aromatic rings. The summed E-state index contributed by atoms with van der Waals surface area (Å²) in [5.41, 5.74) is 1.19. The number of rotatable bonds is 6. The third-order valence-corrected chi connectivity index (χ3v) is 3.61. The standard InChI is InChI=1S/C18H30N2O/c1-6-7-14-20(15-13-18(2,3)4)17(21)19(5)16-11-9-8-10-12-16/h8-12H,6-7,13-15H2,1-5H3. The van der Waals surface area contributed by atoms with Gasteiger partial charge in [0, 0.05) is 25.8 Å². The summed E-state index contributed by atoms with van der Waals surface area (Å²) in [5, 5.41) is 0. The van der Waals surface area contributed by atoms with Gasteiger partial charge in [-0.05, 0) is 30.4 Å². The Morgan fingerprint density at radius 3 is 2.24 bits per heavy atom. The number of urea groups is 1. The zero-order valence-corrected chi connectivity index (χ0v) is 14.2. The number of para-hydroxylation sites is 1. The average molecular weight is 290 g/mol. The maximum absolute atomic E-state index is 12.7. The van der Waals surface area contributed by atoms with E-state index in [2.05, 4.69) is 27.7 Å². The van der Waals surface area contributed by atoms with Crippen molar-refractivity contribution in [2.75, 3.05) is 25.0 Å². The van der Waals surface area contributed by atoms with Crippen LogP contribution in [-0.4, -0.2) is 31.1 Å². The number of amides is 2. The minimum atomic E-state index is 0.0962. The van der Waals surface area contributed by atoms with Crippen LogP contribution in [0.1, 0.15) is 47.0 Å². The molecule has 0 N–H and O–H groups in total. The molecule has 118 valence electrons. The molecule has 0 aromatic heterocycles. The van der Waals surface area contributed by atoms with E-state index in [0.717, 1.165) is 38.0 Å². The van der Waals surface area contributed by atoms with E-state index in [9.17, 15) is 4.79 Å². The number of carbonyl (C=O) groups excluding carboxylic acids is 1. The van der Waals surface area contributed by atoms with Crippen LogP contribution in [0, 0.1) is 5.41 Å². The summed E-state index contributed by atoms with van der Waals surface area (Å²) in [5.74, 6) is 0. The normalized spacial score (nSPS) is 11.3. The summed E-state index contributed by atoms with van der Waals surface area (Å²) in [7, 11) is 1.85. The topological polar surface area (TPSA) is 23.6 Å². The van der Waals surface area contributed by atoms with Gasteiger partial charge >= 0.3 is 6.03 Å². The third kappa shape index (κ3) is 6.19. The molecular weight excluding hydrogens is 260 g/mol. The Morgan fingerprint density at radius 1 is 1.10 bits per heavy atom. The van der Waals surface area contributed by atoms with Crippen LogP contribution >= 0.6 is 0 Å². The molecule has 3 heteroatoms. The van der Waals surface area contributed by atoms with Crippen molar-refractivity contribution >= 4 is 11.7 Å². The predicted octanol–water partition coefficient (Wildman–Crippen LogP) is 4.78. The summed E-state index contributed by atoms with van der Waals surface area (Å²) in [6, 6.07) is 9.93. The van der Waals surface area contributed by atoms with Crippen LogP contribution in [0.25, 0.3) is 0 Å². The quantitative estimate of drug-likeness (QED) is 0.739. The van der Waals surface area contributed by atoms with Gasteiger partial charge in [0.25, 0.3) is 0 Å². The van der Waals surface area contributed by atoms with Gasteiger partial charge < -0.3 is 4.90 Å². The van der Waals surface area contributed by atoms with Gasteiger partial charge in [0.05, 0.1) is 0 Å². The molecule has 0 spiro atoms. The van der Waals surface area contributed by atoms with Crippen molar-refractivity contribution in [2.45, 2.75) is 47.0 Å². The highest BCUT2D eigenvalue weighted by atomic mass is 16.2. The highest BCUT2D eigenvalue weighted by Crippen LogP contribution is 2.20. The predicted molar refractivity (Wildman–Crippen MR) is 90.8 cm³/mol. The lowest BCUT2D eigenvalue weighted by Gasteiger charge is -2.30. The zero-order valence-electron chi connectivity index (χ0n) is 14.2. The Balaban J connectivity index is 2.74. The lowest BCUT2D eigenvalue weighted by molar-refractivity contribution is 0.195. The van der Waals surface area contributed by atoms with Crippen LogP contribution in [0.4, 0.5) is 10.5 Å². The number of anilines is 1. The molecule has 0 aliphatic carbocycles. The number of benzene rings is 1. The van der Waals surface area contributed by atoms with E-state index < -0.39 is 0 Å². The Morgan fingerprint density at radius 2 is 1.71 bits per heavy atom. The van der Waals surface area contributed by atoms with Crippen molar-refractivity contribution in [1.29, 1.82) is 0 Å². The second-order valence-electron chi connectivity index (χ2n) is 6.83. The van der Waals surface area contributed by atoms with Crippen LogP contribution in [0.3, 0.4) is 0 Å². The van der Waals surface area contributed by atoms with E-state index in [0.29, 0.717) is 0 Å². The van der Waals surface area contributed by atoms with Crippen molar-refractivity contribution < 1.29 is 4.79 Å². The van der Waals surface area contributed by atoms with Crippen LogP contribution in [0.2, 0.25) is 0 Å². The van der Waals surface area contributed by atoms with Gasteiger partial charge in [-0.15, -0.1) is 0 Å². The second-order valence-corrected chi connectivity index (χ2v) is 6.83. The molecule has 0 aliphatic rings. The molecule has 21 heavy (non-hydrogen) atoms. The van der Waals surface area contributed by atoms with Crippen LogP contribution in [0.5, 0.6) is 0 Å². The molecule has 0 atom stereocenters. The first-order chi connectivity index (χ1) is 9.85. The lowest BCUT2D eigenvalue weighted by Crippen LogP contribution is -2.43. The van der Waals surface area contributed by atoms with Crippen LogP contribution < -0.4 is 4.90 Å². The van der Waals surface area contributed by atoms with Crippen molar-refractivity contribution in [2.24, 2.45) is 5.41 Å². The van der Waals surface area contributed by atoms with E-state index in [1.807, 2.05) is 42.3 Å². The van der Waals surface area contributed by atoms with Gasteiger partial charge in [0.1, 0.15) is 0 Å². The number of nitrogens with zero attached hydrogens (tertiary/aromatic N) is 2. The van der Waals surface area contributed by atoms with Crippen molar-refractivity contribution in [3.05, 3.63) is 30.3 Å². The summed E-state index contributed by atoms with van der Waals surface area (Å²) < 4.78 is 0. The van der Waals surface area contributed by atoms with Crippen molar-refractivity contribution in [3.8, 4) is 0 Å². The minimum absolute atomic E-state index is 0.0962. The molecule has 0 bridgehead atoms. The number of hydrogen-bond acceptors (Lipinski definition) is 1. The fourth-order valence-corrected chi connectivity index (χ4v) is 2.10. The van der Waals surface area contributed by atoms with Gasteiger partial charge in [-0.1, -0.05) is 52.3 Å². The molecule has 0 heterocycles. The van der Waals surface area contributed by atoms with Gasteiger partial charge in [-0.25, -0.2) is 4.79 Å². The Labute approximate surface area is 129 Å². The molecule has 0 radical (unpaired) electrons. The Hall–Kier alpha value is -1.51. The summed E-state index contributed by atoms with van der Waals surface area (Å²) in [4.78, 5) is 16.5. The van der Waals surface area contributed by atoms with Crippen molar-refractivity contribution in [1.82, 2.24) is 4.90 Å². The number of hydrogen-bond donors (Lipinski definition) is 0. The Bertz CT molecular complexity index is 423. The summed E-state index contributed by atoms with van der Waals surface area (Å²) in [6.45, 7) is 10.5. The van der Waals surface area contributed by atoms with Crippen LogP contribution in [0.15, 0.2) is 30.3 Å². The second kappa shape index (κ2) is 8.06. The first-order valence-corrected chi connectivity index (χ1v) is 7.93. The van der Waals surface area contributed by atoms with Gasteiger partial charge in [-0.3, -0.25) is 4.90 Å². The maximum atomic E-state index is 12.7. The van der Waals surface area contributed by atoms with E-state index >= 15 is 0 Å². The molecule has 3 nitrogen and oxygen atoms in total. The fourth-order valence-electron chi connectivity index (χ4n) is 2.10. The van der Waals surface area contributed by atoms with E-state index in [1.165, 1.54) is 0 Å². The highest BCUT2D eigenvalue weighted by Gasteiger charge is 2.21. The van der Waals surface area contributed by atoms with Gasteiger partial charge in [0.15, 0.2) is 0 Å². The molecule has 0 fully saturated rings. The zero-order chi connectivity index (χ0) is 15.9. The average Bonchev–Trinajstić information content (AvgIpc) is 2.46. The van der Waals surface area contributed by atoms with E-state index in [-0.39, 0.29) is 11.4 Å². The third-order valence-electron chi connectivity index (χ3n) is 3.61. The van der Waals surface area contributed by atoms with E-state index in [1.54, 1.807) is 4.90 Å². The monoisotopic (exact) mass is 290 g/mol. The maximum Gasteiger partial charge on any atom is 0.324 e. The molecule has 0 aliphatic heterocycles. The largest absolute Gasteiger partial charge is 0.324 e. The molecular formula is C18H30N2O. The molecule has 1 aromatic carbocycles. The van der Waals surface area contributed by atoms with Gasteiger partial charge in [0.2, 0.25) is 0 Å². The SMILES string of the molecule is CCCCN(CCC(C)(C)C)C(=O)N(C)c1ccccc1. The molecule has 0 unspecified atom stereocenters. The first-order valence-electron chi connectivity index (χ1n) is 7.93. The van der Waals surface area contributed by atoms with Crippen molar-refractivity contribution in [3.63, 3.8) is 0 Å². The fraction of sp³-hybridized carbons (Fsp3) is 0.611. The summed E-state index contributed by atoms with van der Waals surface area (Å²) >= 11 is 0. The number of carbonyl (C=O) groups is 1. The van der Waals surface area contributed by atoms with Crippen LogP contribution in [-0.2, 0) is 0 Å². The molecule has 1 rings (SSSR count). The highest BCUT2D eigenvalue weighted by molar-refractivity contribution is 5.91. The smallest absolute Gasteiger partial charge is 0.324 e. The molecule has 0 saturated heterocycles. The minimum Gasteiger partial charge on any atom is -0.324 e. The lowest BCUT2D eigenvalue weighted by atomic mass is 9.92. The molecule has 0 saturated carbocycles.